The minimum absolute atomic E-state index is 0.508. The number of nitrogens with zero attached hydrogens (tertiary/aromatic N) is 1. The molecule has 0 aromatic carbocycles. The summed E-state index contributed by atoms with van der Waals surface area (Å²) in [4.78, 5) is 3.38. The molecule has 0 radical (unpaired) electrons. The monoisotopic (exact) mass is 141 g/mol. The number of halogens is 1. The number of hydrogen-bond donors (Lipinski definition) is 0. The summed E-state index contributed by atoms with van der Waals surface area (Å²) in [7, 11) is 0. The lowest BCUT2D eigenvalue weighted by Gasteiger charge is -1.99. The van der Waals surface area contributed by atoms with Crippen LogP contribution in [-0.4, -0.2) is 11.6 Å². The molecule has 0 aliphatic rings. The van der Waals surface area contributed by atoms with Crippen LogP contribution in [0, 0.1) is 5.95 Å². The molecule has 0 spiro atoms. The molecule has 1 aromatic rings. The topological polar surface area (TPSA) is 22.1 Å². The van der Waals surface area contributed by atoms with Crippen LogP contribution in [-0.2, 0) is 0 Å². The molecule has 0 bridgehead atoms. The Morgan fingerprint density at radius 1 is 1.70 bits per heavy atom. The van der Waals surface area contributed by atoms with Gasteiger partial charge in [0.1, 0.15) is 5.75 Å². The van der Waals surface area contributed by atoms with E-state index in [4.69, 9.17) is 4.74 Å². The zero-order valence-electron chi connectivity index (χ0n) is 5.67. The smallest absolute Gasteiger partial charge is 0.216 e. The number of rotatable bonds is 2. The first-order chi connectivity index (χ1) is 4.83. The summed E-state index contributed by atoms with van der Waals surface area (Å²) in [5, 5.41) is 0. The molecule has 0 atom stereocenters. The van der Waals surface area contributed by atoms with Crippen molar-refractivity contribution in [3.8, 4) is 5.75 Å². The van der Waals surface area contributed by atoms with E-state index in [1.54, 1.807) is 6.07 Å². The van der Waals surface area contributed by atoms with E-state index in [0.717, 1.165) is 0 Å². The van der Waals surface area contributed by atoms with Crippen molar-refractivity contribution < 1.29 is 9.13 Å². The second-order valence-electron chi connectivity index (χ2n) is 1.75. The van der Waals surface area contributed by atoms with Crippen molar-refractivity contribution in [3.63, 3.8) is 0 Å². The number of ether oxygens (including phenoxy) is 1. The molecule has 0 aliphatic carbocycles. The van der Waals surface area contributed by atoms with Gasteiger partial charge in [0.15, 0.2) is 0 Å². The summed E-state index contributed by atoms with van der Waals surface area (Å²) >= 11 is 0. The lowest BCUT2D eigenvalue weighted by Crippen LogP contribution is -1.92. The Balaban J connectivity index is 2.75. The van der Waals surface area contributed by atoms with Gasteiger partial charge in [0.05, 0.1) is 6.61 Å². The SMILES string of the molecule is CCOc1ccnc(F)c1. The maximum atomic E-state index is 12.3. The van der Waals surface area contributed by atoms with Gasteiger partial charge in [-0.25, -0.2) is 4.98 Å². The molecule has 54 valence electrons. The summed E-state index contributed by atoms with van der Waals surface area (Å²) in [6.45, 7) is 2.39. The van der Waals surface area contributed by atoms with Crippen LogP contribution in [0.25, 0.3) is 0 Å². The van der Waals surface area contributed by atoms with Crippen LogP contribution in [0.4, 0.5) is 4.39 Å². The maximum Gasteiger partial charge on any atom is 0.216 e. The molecule has 0 saturated carbocycles. The minimum Gasteiger partial charge on any atom is -0.494 e. The van der Waals surface area contributed by atoms with E-state index in [2.05, 4.69) is 4.98 Å². The van der Waals surface area contributed by atoms with Gasteiger partial charge in [0.25, 0.3) is 0 Å². The molecule has 1 heterocycles. The predicted molar refractivity (Wildman–Crippen MR) is 35.4 cm³/mol. The summed E-state index contributed by atoms with van der Waals surface area (Å²) in [5.74, 6) is 0.0148. The molecule has 0 fully saturated rings. The Labute approximate surface area is 58.7 Å². The van der Waals surface area contributed by atoms with Crippen LogP contribution in [0.5, 0.6) is 5.75 Å². The van der Waals surface area contributed by atoms with E-state index in [1.165, 1.54) is 12.3 Å². The Kier molecular flexibility index (Phi) is 2.20. The second kappa shape index (κ2) is 3.15. The molecule has 10 heavy (non-hydrogen) atoms. The van der Waals surface area contributed by atoms with Crippen LogP contribution in [0.1, 0.15) is 6.92 Å². The highest BCUT2D eigenvalue weighted by molar-refractivity contribution is 5.17. The van der Waals surface area contributed by atoms with Crippen molar-refractivity contribution in [2.75, 3.05) is 6.61 Å². The van der Waals surface area contributed by atoms with Crippen molar-refractivity contribution in [1.82, 2.24) is 4.98 Å². The van der Waals surface area contributed by atoms with Gasteiger partial charge in [0, 0.05) is 12.3 Å². The Hall–Kier alpha value is -1.12. The highest BCUT2D eigenvalue weighted by atomic mass is 19.1. The first-order valence-electron chi connectivity index (χ1n) is 3.07. The zero-order valence-corrected chi connectivity index (χ0v) is 5.67. The van der Waals surface area contributed by atoms with E-state index < -0.39 is 5.95 Å². The molecule has 1 rings (SSSR count). The van der Waals surface area contributed by atoms with Crippen molar-refractivity contribution in [1.29, 1.82) is 0 Å². The molecule has 0 saturated heterocycles. The first kappa shape index (κ1) is 6.99. The fraction of sp³-hybridized carbons (Fsp3) is 0.286. The quantitative estimate of drug-likeness (QED) is 0.584. The van der Waals surface area contributed by atoms with Gasteiger partial charge in [-0.2, -0.15) is 4.39 Å². The van der Waals surface area contributed by atoms with E-state index in [9.17, 15) is 4.39 Å². The summed E-state index contributed by atoms with van der Waals surface area (Å²) in [6.07, 6.45) is 1.38. The number of aromatic nitrogens is 1. The van der Waals surface area contributed by atoms with Gasteiger partial charge in [0.2, 0.25) is 5.95 Å². The van der Waals surface area contributed by atoms with Crippen LogP contribution in [0.2, 0.25) is 0 Å². The van der Waals surface area contributed by atoms with Crippen molar-refractivity contribution >= 4 is 0 Å². The molecule has 1 aromatic heterocycles. The number of hydrogen-bond acceptors (Lipinski definition) is 2. The number of pyridine rings is 1. The van der Waals surface area contributed by atoms with Gasteiger partial charge in [-0.05, 0) is 13.0 Å². The van der Waals surface area contributed by atoms with Gasteiger partial charge in [-0.15, -0.1) is 0 Å². The van der Waals surface area contributed by atoms with Crippen LogP contribution < -0.4 is 4.74 Å². The van der Waals surface area contributed by atoms with E-state index in [-0.39, 0.29) is 0 Å². The Morgan fingerprint density at radius 3 is 3.10 bits per heavy atom. The molecule has 2 nitrogen and oxygen atoms in total. The average Bonchev–Trinajstić information content (AvgIpc) is 1.88. The maximum absolute atomic E-state index is 12.3. The van der Waals surface area contributed by atoms with Gasteiger partial charge in [-0.3, -0.25) is 0 Å². The molecule has 3 heteroatoms. The van der Waals surface area contributed by atoms with E-state index >= 15 is 0 Å². The third kappa shape index (κ3) is 1.69. The second-order valence-corrected chi connectivity index (χ2v) is 1.75. The fourth-order valence-corrected chi connectivity index (χ4v) is 0.641. The summed E-state index contributed by atoms with van der Waals surface area (Å²) in [6, 6.07) is 2.87. The van der Waals surface area contributed by atoms with Gasteiger partial charge in [-0.1, -0.05) is 0 Å². The predicted octanol–water partition coefficient (Wildman–Crippen LogP) is 1.62. The average molecular weight is 141 g/mol. The molecule has 0 amide bonds. The Morgan fingerprint density at radius 2 is 2.50 bits per heavy atom. The highest BCUT2D eigenvalue weighted by Gasteiger charge is 1.93. The van der Waals surface area contributed by atoms with E-state index in [1.807, 2.05) is 6.92 Å². The largest absolute Gasteiger partial charge is 0.494 e. The minimum atomic E-state index is -0.508. The zero-order chi connectivity index (χ0) is 7.40. The molecule has 0 N–H and O–H groups in total. The van der Waals surface area contributed by atoms with Crippen LogP contribution >= 0.6 is 0 Å². The molecule has 0 aliphatic heterocycles. The highest BCUT2D eigenvalue weighted by Crippen LogP contribution is 2.08. The molecular weight excluding hydrogens is 133 g/mol. The van der Waals surface area contributed by atoms with Crippen molar-refractivity contribution in [2.45, 2.75) is 6.92 Å². The Bertz CT molecular complexity index is 215. The first-order valence-corrected chi connectivity index (χ1v) is 3.07. The summed E-state index contributed by atoms with van der Waals surface area (Å²) in [5.41, 5.74) is 0. The van der Waals surface area contributed by atoms with E-state index in [0.29, 0.717) is 12.4 Å². The normalized spacial score (nSPS) is 9.40. The van der Waals surface area contributed by atoms with Crippen LogP contribution in [0.15, 0.2) is 18.3 Å². The lowest BCUT2D eigenvalue weighted by atomic mass is 10.4. The van der Waals surface area contributed by atoms with Crippen molar-refractivity contribution in [2.24, 2.45) is 0 Å². The third-order valence-electron chi connectivity index (χ3n) is 1.01. The standard InChI is InChI=1S/C7H8FNO/c1-2-10-6-3-4-9-7(8)5-6/h3-5H,2H2,1H3. The molecule has 0 unspecified atom stereocenters. The van der Waals surface area contributed by atoms with Crippen molar-refractivity contribution in [3.05, 3.63) is 24.3 Å². The third-order valence-corrected chi connectivity index (χ3v) is 1.01. The molecular formula is C7H8FNO. The fourth-order valence-electron chi connectivity index (χ4n) is 0.641. The summed E-state index contributed by atoms with van der Waals surface area (Å²) < 4.78 is 17.3. The lowest BCUT2D eigenvalue weighted by molar-refractivity contribution is 0.337. The van der Waals surface area contributed by atoms with Gasteiger partial charge >= 0.3 is 0 Å². The van der Waals surface area contributed by atoms with Gasteiger partial charge < -0.3 is 4.74 Å². The van der Waals surface area contributed by atoms with Crippen LogP contribution in [0.3, 0.4) is 0 Å².